The summed E-state index contributed by atoms with van der Waals surface area (Å²) < 4.78 is 39.9. The van der Waals surface area contributed by atoms with Crippen molar-refractivity contribution in [1.82, 2.24) is 9.55 Å². The molecule has 3 rings (SSSR count). The molecule has 0 unspecified atom stereocenters. The molecule has 1 aromatic heterocycles. The van der Waals surface area contributed by atoms with Gasteiger partial charge in [-0.05, 0) is 30.9 Å². The van der Waals surface area contributed by atoms with E-state index in [4.69, 9.17) is 0 Å². The van der Waals surface area contributed by atoms with Gasteiger partial charge in [-0.1, -0.05) is 0 Å². The van der Waals surface area contributed by atoms with Crippen LogP contribution in [0, 0.1) is 11.7 Å². The van der Waals surface area contributed by atoms with Gasteiger partial charge in [0, 0.05) is 12.5 Å². The first-order valence-electron chi connectivity index (χ1n) is 6.06. The van der Waals surface area contributed by atoms with Gasteiger partial charge in [0.1, 0.15) is 11.6 Å². The fraction of sp³-hybridized carbons (Fsp3) is 0.462. The summed E-state index contributed by atoms with van der Waals surface area (Å²) in [6, 6.07) is 4.11. The highest BCUT2D eigenvalue weighted by molar-refractivity contribution is 14.0. The van der Waals surface area contributed by atoms with Gasteiger partial charge >= 0.3 is 0 Å². The maximum Gasteiger partial charge on any atom is 0.256 e. The molecular formula is C13H14F3IN2. The van der Waals surface area contributed by atoms with Gasteiger partial charge in [-0.25, -0.2) is 18.2 Å². The van der Waals surface area contributed by atoms with E-state index in [1.807, 2.05) is 0 Å². The third kappa shape index (κ3) is 3.21. The summed E-state index contributed by atoms with van der Waals surface area (Å²) >= 11 is 0. The van der Waals surface area contributed by atoms with Crippen LogP contribution in [-0.2, 0) is 13.0 Å². The minimum atomic E-state index is -2.43. The largest absolute Gasteiger partial charge is 0.322 e. The molecule has 0 aliphatic heterocycles. The molecule has 0 saturated heterocycles. The van der Waals surface area contributed by atoms with Crippen molar-refractivity contribution in [3.8, 4) is 0 Å². The molecule has 1 fully saturated rings. The number of hydrogen-bond acceptors (Lipinski definition) is 1. The van der Waals surface area contributed by atoms with Crippen LogP contribution in [0.3, 0.4) is 0 Å². The van der Waals surface area contributed by atoms with Gasteiger partial charge in [0.25, 0.3) is 6.43 Å². The summed E-state index contributed by atoms with van der Waals surface area (Å²) in [4.78, 5) is 4.30. The van der Waals surface area contributed by atoms with Crippen molar-refractivity contribution < 1.29 is 13.2 Å². The Bertz CT molecular complexity index is 579. The Hall–Kier alpha value is -0.790. The van der Waals surface area contributed by atoms with Crippen LogP contribution in [0.2, 0.25) is 0 Å². The van der Waals surface area contributed by atoms with Gasteiger partial charge in [-0.3, -0.25) is 0 Å². The number of aromatic nitrogens is 2. The zero-order valence-electron chi connectivity index (χ0n) is 10.2. The number of alkyl halides is 2. The van der Waals surface area contributed by atoms with Crippen LogP contribution in [0.4, 0.5) is 13.2 Å². The lowest BCUT2D eigenvalue weighted by Gasteiger charge is -2.07. The summed E-state index contributed by atoms with van der Waals surface area (Å²) in [5, 5.41) is 0. The van der Waals surface area contributed by atoms with E-state index < -0.39 is 6.43 Å². The number of nitrogens with zero attached hydrogens (tertiary/aromatic N) is 2. The molecule has 0 N–H and O–H groups in total. The van der Waals surface area contributed by atoms with Crippen LogP contribution in [0.1, 0.15) is 18.7 Å². The highest BCUT2D eigenvalue weighted by atomic mass is 127. The van der Waals surface area contributed by atoms with Crippen LogP contribution >= 0.6 is 24.0 Å². The van der Waals surface area contributed by atoms with Crippen molar-refractivity contribution in [2.45, 2.75) is 32.2 Å². The fourth-order valence-electron chi connectivity index (χ4n) is 2.23. The van der Waals surface area contributed by atoms with Crippen LogP contribution < -0.4 is 0 Å². The number of fused-ring (bicyclic) bond motifs is 1. The predicted octanol–water partition coefficient (Wildman–Crippen LogP) is 4.01. The molecule has 1 heterocycles. The summed E-state index contributed by atoms with van der Waals surface area (Å²) in [7, 11) is 0. The molecule has 1 saturated carbocycles. The van der Waals surface area contributed by atoms with Gasteiger partial charge in [0.15, 0.2) is 0 Å². The monoisotopic (exact) mass is 382 g/mol. The topological polar surface area (TPSA) is 17.8 Å². The van der Waals surface area contributed by atoms with Gasteiger partial charge in [0.05, 0.1) is 17.6 Å². The van der Waals surface area contributed by atoms with Crippen molar-refractivity contribution in [3.63, 3.8) is 0 Å². The minimum absolute atomic E-state index is 0. The molecular weight excluding hydrogens is 368 g/mol. The molecule has 19 heavy (non-hydrogen) atoms. The molecule has 0 amide bonds. The summed E-state index contributed by atoms with van der Waals surface area (Å²) in [5.41, 5.74) is 1.05. The van der Waals surface area contributed by atoms with E-state index in [0.29, 0.717) is 29.2 Å². The molecule has 0 spiro atoms. The molecule has 0 atom stereocenters. The molecule has 104 valence electrons. The SMILES string of the molecule is Fc1ccc2c(c1)nc(CC1CC1)n2CC(F)F.I. The van der Waals surface area contributed by atoms with E-state index >= 15 is 0 Å². The highest BCUT2D eigenvalue weighted by Gasteiger charge is 2.25. The number of hydrogen-bond donors (Lipinski definition) is 0. The Balaban J connectivity index is 0.00000133. The van der Waals surface area contributed by atoms with Crippen molar-refractivity contribution in [2.75, 3.05) is 0 Å². The van der Waals surface area contributed by atoms with Gasteiger partial charge in [-0.2, -0.15) is 0 Å². The Morgan fingerprint density at radius 3 is 2.68 bits per heavy atom. The zero-order chi connectivity index (χ0) is 12.7. The van der Waals surface area contributed by atoms with E-state index in [0.717, 1.165) is 12.8 Å². The molecule has 0 bridgehead atoms. The molecule has 2 aromatic rings. The van der Waals surface area contributed by atoms with Crippen LogP contribution in [0.15, 0.2) is 18.2 Å². The average Bonchev–Trinajstić information content (AvgIpc) is 3.04. The minimum Gasteiger partial charge on any atom is -0.322 e. The molecule has 1 aliphatic rings. The highest BCUT2D eigenvalue weighted by Crippen LogP contribution is 2.33. The predicted molar refractivity (Wildman–Crippen MR) is 77.5 cm³/mol. The second kappa shape index (κ2) is 5.68. The molecule has 1 aliphatic carbocycles. The molecule has 2 nitrogen and oxygen atoms in total. The fourth-order valence-corrected chi connectivity index (χ4v) is 2.23. The lowest BCUT2D eigenvalue weighted by molar-refractivity contribution is 0.127. The number of rotatable bonds is 4. The first-order valence-corrected chi connectivity index (χ1v) is 6.06. The van der Waals surface area contributed by atoms with Crippen molar-refractivity contribution >= 4 is 35.0 Å². The van der Waals surface area contributed by atoms with Crippen molar-refractivity contribution in [1.29, 1.82) is 0 Å². The second-order valence-corrected chi connectivity index (χ2v) is 4.81. The maximum atomic E-state index is 13.1. The lowest BCUT2D eigenvalue weighted by Crippen LogP contribution is -2.10. The van der Waals surface area contributed by atoms with E-state index in [-0.39, 0.29) is 36.3 Å². The third-order valence-corrected chi connectivity index (χ3v) is 3.28. The van der Waals surface area contributed by atoms with Crippen molar-refractivity contribution in [2.24, 2.45) is 5.92 Å². The quantitative estimate of drug-likeness (QED) is 0.731. The first-order chi connectivity index (χ1) is 8.63. The van der Waals surface area contributed by atoms with E-state index in [9.17, 15) is 13.2 Å². The number of benzene rings is 1. The Labute approximate surface area is 126 Å². The Kier molecular flexibility index (Phi) is 4.37. The molecule has 1 aromatic carbocycles. The summed E-state index contributed by atoms with van der Waals surface area (Å²) in [6.45, 7) is -0.371. The van der Waals surface area contributed by atoms with Gasteiger partial charge < -0.3 is 4.57 Å². The zero-order valence-corrected chi connectivity index (χ0v) is 12.5. The Morgan fingerprint density at radius 1 is 1.32 bits per heavy atom. The summed E-state index contributed by atoms with van der Waals surface area (Å²) in [6.07, 6.45) is 0.548. The third-order valence-electron chi connectivity index (χ3n) is 3.28. The maximum absolute atomic E-state index is 13.1. The van der Waals surface area contributed by atoms with E-state index in [1.165, 1.54) is 22.8 Å². The van der Waals surface area contributed by atoms with Crippen LogP contribution in [-0.4, -0.2) is 16.0 Å². The lowest BCUT2D eigenvalue weighted by atomic mass is 10.3. The van der Waals surface area contributed by atoms with Crippen LogP contribution in [0.5, 0.6) is 0 Å². The van der Waals surface area contributed by atoms with Crippen molar-refractivity contribution in [3.05, 3.63) is 29.8 Å². The standard InChI is InChI=1S/C13H13F3N2.HI/c14-9-3-4-11-10(6-9)17-13(5-8-1-2-8)18(11)7-12(15)16;/h3-4,6,8,12H,1-2,5,7H2;1H. The van der Waals surface area contributed by atoms with Gasteiger partial charge in [-0.15, -0.1) is 24.0 Å². The normalized spacial score (nSPS) is 14.9. The number of halogens is 4. The first kappa shape index (κ1) is 14.6. The number of imidazole rings is 1. The van der Waals surface area contributed by atoms with E-state index in [2.05, 4.69) is 4.98 Å². The summed E-state index contributed by atoms with van der Waals surface area (Å²) in [5.74, 6) is 0.823. The average molecular weight is 382 g/mol. The van der Waals surface area contributed by atoms with E-state index in [1.54, 1.807) is 0 Å². The second-order valence-electron chi connectivity index (χ2n) is 4.81. The molecule has 6 heteroatoms. The smallest absolute Gasteiger partial charge is 0.256 e. The molecule has 0 radical (unpaired) electrons. The van der Waals surface area contributed by atoms with Crippen LogP contribution in [0.25, 0.3) is 11.0 Å². The Morgan fingerprint density at radius 2 is 2.05 bits per heavy atom. The van der Waals surface area contributed by atoms with Gasteiger partial charge in [0.2, 0.25) is 0 Å².